The van der Waals surface area contributed by atoms with Gasteiger partial charge >= 0.3 is 0 Å². The lowest BCUT2D eigenvalue weighted by molar-refractivity contribution is -0.126. The average Bonchev–Trinajstić information content (AvgIpc) is 2.74. The smallest absolute Gasteiger partial charge is 0.240 e. The summed E-state index contributed by atoms with van der Waals surface area (Å²) in [5.41, 5.74) is 6.74. The molecule has 1 saturated heterocycles. The summed E-state index contributed by atoms with van der Waals surface area (Å²) in [7, 11) is 0. The molecular formula is C16H20N3O2. The highest BCUT2D eigenvalue weighted by atomic mass is 16.2. The van der Waals surface area contributed by atoms with E-state index < -0.39 is 17.4 Å². The van der Waals surface area contributed by atoms with E-state index in [1.54, 1.807) is 17.3 Å². The number of nitrogens with two attached hydrogens (primary N) is 1. The van der Waals surface area contributed by atoms with Crippen LogP contribution in [0.15, 0.2) is 18.5 Å². The first-order chi connectivity index (χ1) is 10.0. The molecule has 21 heavy (non-hydrogen) atoms. The molecule has 0 aromatic carbocycles. The molecule has 2 fully saturated rings. The van der Waals surface area contributed by atoms with Gasteiger partial charge < -0.3 is 5.73 Å². The minimum Gasteiger partial charge on any atom is -0.368 e. The van der Waals surface area contributed by atoms with Gasteiger partial charge in [0.1, 0.15) is 6.04 Å². The number of pyridine rings is 1. The van der Waals surface area contributed by atoms with E-state index in [1.165, 1.54) is 0 Å². The Morgan fingerprint density at radius 1 is 1.48 bits per heavy atom. The lowest BCUT2D eigenvalue weighted by Crippen LogP contribution is -2.43. The van der Waals surface area contributed by atoms with E-state index >= 15 is 0 Å². The molecule has 1 spiro atoms. The Kier molecular flexibility index (Phi) is 3.43. The van der Waals surface area contributed by atoms with Crippen molar-refractivity contribution in [2.45, 2.75) is 45.1 Å². The predicted molar refractivity (Wildman–Crippen MR) is 79.3 cm³/mol. The van der Waals surface area contributed by atoms with Gasteiger partial charge in [0.25, 0.3) is 0 Å². The van der Waals surface area contributed by atoms with Gasteiger partial charge in [-0.15, -0.1) is 0 Å². The van der Waals surface area contributed by atoms with Gasteiger partial charge in [-0.3, -0.25) is 19.5 Å². The molecule has 1 radical (unpaired) electrons. The topological polar surface area (TPSA) is 76.3 Å². The number of carbonyl (C=O) groups is 2. The second-order valence-electron chi connectivity index (χ2n) is 6.18. The number of hydrogen-bond acceptors (Lipinski definition) is 3. The molecule has 2 amide bonds. The molecule has 1 aliphatic heterocycles. The van der Waals surface area contributed by atoms with E-state index in [4.69, 9.17) is 5.73 Å². The Morgan fingerprint density at radius 2 is 2.29 bits per heavy atom. The fourth-order valence-electron chi connectivity index (χ4n) is 3.59. The van der Waals surface area contributed by atoms with Gasteiger partial charge in [-0.05, 0) is 44.2 Å². The molecule has 2 unspecified atom stereocenters. The van der Waals surface area contributed by atoms with Gasteiger partial charge in [0.2, 0.25) is 11.8 Å². The molecule has 2 N–H and O–H groups in total. The molecular weight excluding hydrogens is 266 g/mol. The molecule has 1 saturated carbocycles. The zero-order valence-corrected chi connectivity index (χ0v) is 12.2. The van der Waals surface area contributed by atoms with Gasteiger partial charge in [-0.1, -0.05) is 12.8 Å². The lowest BCUT2D eigenvalue weighted by atomic mass is 9.72. The molecule has 2 heterocycles. The van der Waals surface area contributed by atoms with Crippen LogP contribution in [-0.4, -0.2) is 22.8 Å². The third-order valence-electron chi connectivity index (χ3n) is 4.63. The van der Waals surface area contributed by atoms with Crippen LogP contribution in [0.5, 0.6) is 0 Å². The molecule has 2 aliphatic rings. The van der Waals surface area contributed by atoms with Crippen molar-refractivity contribution in [2.75, 3.05) is 4.90 Å². The largest absolute Gasteiger partial charge is 0.368 e. The number of primary amides is 1. The zero-order chi connectivity index (χ0) is 15.0. The molecule has 3 rings (SSSR count). The maximum absolute atomic E-state index is 13.0. The highest BCUT2D eigenvalue weighted by Crippen LogP contribution is 2.48. The fraction of sp³-hybridized carbons (Fsp3) is 0.500. The van der Waals surface area contributed by atoms with E-state index in [2.05, 4.69) is 11.4 Å². The molecule has 5 heteroatoms. The van der Waals surface area contributed by atoms with E-state index in [-0.39, 0.29) is 5.91 Å². The average molecular weight is 286 g/mol. The maximum atomic E-state index is 13.0. The quantitative estimate of drug-likeness (QED) is 0.899. The van der Waals surface area contributed by atoms with E-state index in [1.807, 2.05) is 13.0 Å². The Balaban J connectivity index is 2.00. The summed E-state index contributed by atoms with van der Waals surface area (Å²) in [4.78, 5) is 30.5. The Hall–Kier alpha value is -1.91. The molecule has 1 aromatic heterocycles. The zero-order valence-electron chi connectivity index (χ0n) is 12.2. The van der Waals surface area contributed by atoms with Crippen molar-refractivity contribution in [2.24, 2.45) is 11.1 Å². The Morgan fingerprint density at radius 3 is 2.90 bits per heavy atom. The summed E-state index contributed by atoms with van der Waals surface area (Å²) < 4.78 is 0. The van der Waals surface area contributed by atoms with Crippen molar-refractivity contribution in [1.29, 1.82) is 0 Å². The van der Waals surface area contributed by atoms with Crippen molar-refractivity contribution < 1.29 is 9.59 Å². The summed E-state index contributed by atoms with van der Waals surface area (Å²) in [6, 6.07) is 1.32. The summed E-state index contributed by atoms with van der Waals surface area (Å²) in [6.45, 7) is 1.92. The van der Waals surface area contributed by atoms with Crippen LogP contribution in [0.2, 0.25) is 0 Å². The minimum absolute atomic E-state index is 0.0228. The Labute approximate surface area is 124 Å². The van der Waals surface area contributed by atoms with Crippen molar-refractivity contribution in [3.63, 3.8) is 0 Å². The number of aromatic nitrogens is 1. The van der Waals surface area contributed by atoms with Gasteiger partial charge in [0.15, 0.2) is 0 Å². The molecule has 1 aromatic rings. The highest BCUT2D eigenvalue weighted by molar-refractivity contribution is 6.06. The molecule has 0 bridgehead atoms. The van der Waals surface area contributed by atoms with Gasteiger partial charge in [0, 0.05) is 6.20 Å². The van der Waals surface area contributed by atoms with E-state index in [0.717, 1.165) is 31.2 Å². The maximum Gasteiger partial charge on any atom is 0.240 e. The molecule has 111 valence electrons. The number of anilines is 1. The van der Waals surface area contributed by atoms with Gasteiger partial charge in [-0.25, -0.2) is 0 Å². The number of rotatable bonds is 2. The third-order valence-corrected chi connectivity index (χ3v) is 4.63. The number of aryl methyl sites for hydroxylation is 1. The van der Waals surface area contributed by atoms with Crippen LogP contribution in [0.1, 0.15) is 37.7 Å². The second-order valence-corrected chi connectivity index (χ2v) is 6.18. The standard InChI is InChI=1S/C16H20N3O2/c1-11-7-12(10-18-9-11)19-13(14(17)20)8-16(15(19)21)5-3-2-4-6-16/h3,7,9-10,13H,2,4-6,8H2,1H3,(H2,17,20). The summed E-state index contributed by atoms with van der Waals surface area (Å²) in [5.74, 6) is -0.415. The first-order valence-corrected chi connectivity index (χ1v) is 7.40. The highest BCUT2D eigenvalue weighted by Gasteiger charge is 2.53. The molecule has 2 atom stereocenters. The minimum atomic E-state index is -0.562. The first-order valence-electron chi connectivity index (χ1n) is 7.40. The van der Waals surface area contributed by atoms with E-state index in [9.17, 15) is 9.59 Å². The monoisotopic (exact) mass is 286 g/mol. The van der Waals surface area contributed by atoms with Crippen molar-refractivity contribution in [3.05, 3.63) is 30.4 Å². The van der Waals surface area contributed by atoms with Crippen molar-refractivity contribution in [3.8, 4) is 0 Å². The van der Waals surface area contributed by atoms with Crippen molar-refractivity contribution >= 4 is 17.5 Å². The first kappa shape index (κ1) is 14.0. The van der Waals surface area contributed by atoms with Crippen LogP contribution in [0.4, 0.5) is 5.69 Å². The van der Waals surface area contributed by atoms with Crippen LogP contribution < -0.4 is 10.6 Å². The molecule has 5 nitrogen and oxygen atoms in total. The van der Waals surface area contributed by atoms with Crippen molar-refractivity contribution in [1.82, 2.24) is 4.98 Å². The lowest BCUT2D eigenvalue weighted by Gasteiger charge is -2.31. The normalized spacial score (nSPS) is 24.5. The fourth-order valence-corrected chi connectivity index (χ4v) is 3.59. The third kappa shape index (κ3) is 2.30. The number of hydrogen-bond donors (Lipinski definition) is 1. The second kappa shape index (κ2) is 5.13. The number of nitrogens with zero attached hydrogens (tertiary/aromatic N) is 2. The van der Waals surface area contributed by atoms with Crippen LogP contribution >= 0.6 is 0 Å². The number of amides is 2. The summed E-state index contributed by atoms with van der Waals surface area (Å²) in [6.07, 6.45) is 9.66. The summed E-state index contributed by atoms with van der Waals surface area (Å²) >= 11 is 0. The molecule has 1 aliphatic carbocycles. The number of carbonyl (C=O) groups excluding carboxylic acids is 2. The van der Waals surface area contributed by atoms with E-state index in [0.29, 0.717) is 12.1 Å². The summed E-state index contributed by atoms with van der Waals surface area (Å²) in [5, 5.41) is 0. The SMILES string of the molecule is Cc1cncc(N2C(=O)C3(C[CH]CCC3)CC2C(N)=O)c1. The van der Waals surface area contributed by atoms with Gasteiger partial charge in [0.05, 0.1) is 17.3 Å². The predicted octanol–water partition coefficient (Wildman–Crippen LogP) is 1.75. The van der Waals surface area contributed by atoms with Crippen LogP contribution in [0.25, 0.3) is 0 Å². The van der Waals surface area contributed by atoms with Crippen LogP contribution in [0.3, 0.4) is 0 Å². The Bertz CT molecular complexity index is 579. The van der Waals surface area contributed by atoms with Crippen LogP contribution in [-0.2, 0) is 9.59 Å². The van der Waals surface area contributed by atoms with Crippen LogP contribution in [0, 0.1) is 18.8 Å². The van der Waals surface area contributed by atoms with Gasteiger partial charge in [-0.2, -0.15) is 0 Å².